The van der Waals surface area contributed by atoms with Crippen molar-refractivity contribution in [2.75, 3.05) is 39.0 Å². The summed E-state index contributed by atoms with van der Waals surface area (Å²) >= 11 is 1.89. The van der Waals surface area contributed by atoms with E-state index in [9.17, 15) is 0 Å². The lowest BCUT2D eigenvalue weighted by molar-refractivity contribution is 0.289. The Morgan fingerprint density at radius 2 is 2.00 bits per heavy atom. The Kier molecular flexibility index (Phi) is 5.04. The smallest absolute Gasteiger partial charge is 0.0217 e. The second kappa shape index (κ2) is 5.84. The molecule has 0 aromatic rings. The van der Waals surface area contributed by atoms with Crippen LogP contribution in [0, 0.1) is 0 Å². The molecule has 0 bridgehead atoms. The van der Waals surface area contributed by atoms with Gasteiger partial charge in [0, 0.05) is 19.6 Å². The maximum Gasteiger partial charge on any atom is 0.0217 e. The van der Waals surface area contributed by atoms with Crippen molar-refractivity contribution in [1.29, 1.82) is 0 Å². The molecule has 1 rings (SSSR count). The molecule has 3 heteroatoms. The third-order valence-electron chi connectivity index (χ3n) is 2.35. The summed E-state index contributed by atoms with van der Waals surface area (Å²) in [4.78, 5) is 2.58. The molecule has 1 saturated heterocycles. The minimum atomic E-state index is 1.24. The molecule has 0 radical (unpaired) electrons. The first-order chi connectivity index (χ1) is 5.86. The van der Waals surface area contributed by atoms with Crippen molar-refractivity contribution in [2.45, 2.75) is 19.8 Å². The molecule has 12 heavy (non-hydrogen) atoms. The Hall–Kier alpha value is 0.270. The molecule has 1 aliphatic rings. The van der Waals surface area contributed by atoms with Gasteiger partial charge in [0.25, 0.3) is 0 Å². The standard InChI is InChI=1S/C9H20N2S/c1-3-5-10-6-4-7-11(12-2)9-8-10/h3-9H2,1-2H3. The lowest BCUT2D eigenvalue weighted by Gasteiger charge is -2.19. The van der Waals surface area contributed by atoms with Crippen LogP contribution in [0.5, 0.6) is 0 Å². The molecule has 0 aromatic heterocycles. The average molecular weight is 188 g/mol. The van der Waals surface area contributed by atoms with E-state index < -0.39 is 0 Å². The zero-order valence-electron chi connectivity index (χ0n) is 8.25. The number of hydrogen-bond acceptors (Lipinski definition) is 3. The highest BCUT2D eigenvalue weighted by Gasteiger charge is 2.12. The molecule has 0 aliphatic carbocycles. The minimum Gasteiger partial charge on any atom is -0.302 e. The fourth-order valence-corrected chi connectivity index (χ4v) is 2.25. The zero-order chi connectivity index (χ0) is 8.81. The molecular formula is C9H20N2S. The molecule has 1 heterocycles. The fraction of sp³-hybridized carbons (Fsp3) is 1.00. The van der Waals surface area contributed by atoms with E-state index in [0.29, 0.717) is 0 Å². The molecule has 0 amide bonds. The van der Waals surface area contributed by atoms with Crippen molar-refractivity contribution in [1.82, 2.24) is 9.21 Å². The lowest BCUT2D eigenvalue weighted by atomic mass is 10.3. The lowest BCUT2D eigenvalue weighted by Crippen LogP contribution is -2.28. The summed E-state index contributed by atoms with van der Waals surface area (Å²) in [5.74, 6) is 0. The van der Waals surface area contributed by atoms with Crippen LogP contribution in [-0.2, 0) is 0 Å². The van der Waals surface area contributed by atoms with E-state index in [1.165, 1.54) is 45.6 Å². The van der Waals surface area contributed by atoms with Crippen molar-refractivity contribution < 1.29 is 0 Å². The third kappa shape index (κ3) is 3.33. The Morgan fingerprint density at radius 1 is 1.17 bits per heavy atom. The first-order valence-corrected chi connectivity index (χ1v) is 6.06. The normalized spacial score (nSPS) is 22.5. The van der Waals surface area contributed by atoms with Gasteiger partial charge in [0.2, 0.25) is 0 Å². The van der Waals surface area contributed by atoms with E-state index in [2.05, 4.69) is 22.4 Å². The minimum absolute atomic E-state index is 1.24. The monoisotopic (exact) mass is 188 g/mol. The van der Waals surface area contributed by atoms with Gasteiger partial charge < -0.3 is 4.90 Å². The van der Waals surface area contributed by atoms with Crippen molar-refractivity contribution in [3.63, 3.8) is 0 Å². The summed E-state index contributed by atoms with van der Waals surface area (Å²) in [6.45, 7) is 8.60. The van der Waals surface area contributed by atoms with Crippen LogP contribution in [0.4, 0.5) is 0 Å². The van der Waals surface area contributed by atoms with Gasteiger partial charge >= 0.3 is 0 Å². The van der Waals surface area contributed by atoms with Crippen LogP contribution in [0.2, 0.25) is 0 Å². The predicted molar refractivity (Wildman–Crippen MR) is 56.4 cm³/mol. The number of hydrogen-bond donors (Lipinski definition) is 0. The van der Waals surface area contributed by atoms with Gasteiger partial charge in [0.05, 0.1) is 0 Å². The van der Waals surface area contributed by atoms with E-state index in [4.69, 9.17) is 0 Å². The highest BCUT2D eigenvalue weighted by molar-refractivity contribution is 7.96. The van der Waals surface area contributed by atoms with Crippen molar-refractivity contribution in [3.05, 3.63) is 0 Å². The van der Waals surface area contributed by atoms with E-state index in [0.717, 1.165) is 0 Å². The molecule has 1 fully saturated rings. The second-order valence-electron chi connectivity index (χ2n) is 3.31. The first-order valence-electron chi connectivity index (χ1n) is 4.88. The molecule has 0 spiro atoms. The highest BCUT2D eigenvalue weighted by Crippen LogP contribution is 2.10. The molecule has 0 N–H and O–H groups in total. The Bertz CT molecular complexity index is 119. The van der Waals surface area contributed by atoms with Crippen molar-refractivity contribution in [3.8, 4) is 0 Å². The molecule has 0 aromatic carbocycles. The average Bonchev–Trinajstić information content (AvgIpc) is 2.31. The van der Waals surface area contributed by atoms with Gasteiger partial charge in [-0.15, -0.1) is 0 Å². The summed E-state index contributed by atoms with van der Waals surface area (Å²) in [6.07, 6.45) is 4.80. The SMILES string of the molecule is CCCN1CCCN(SC)CC1. The predicted octanol–water partition coefficient (Wildman–Crippen LogP) is 1.68. The van der Waals surface area contributed by atoms with E-state index in [1.54, 1.807) is 0 Å². The van der Waals surface area contributed by atoms with Crippen LogP contribution in [-0.4, -0.2) is 48.2 Å². The van der Waals surface area contributed by atoms with Gasteiger partial charge in [-0.05, 0) is 32.2 Å². The molecule has 2 nitrogen and oxygen atoms in total. The zero-order valence-corrected chi connectivity index (χ0v) is 9.07. The Morgan fingerprint density at radius 3 is 2.67 bits per heavy atom. The number of nitrogens with zero attached hydrogens (tertiary/aromatic N) is 2. The van der Waals surface area contributed by atoms with Gasteiger partial charge in [0.1, 0.15) is 0 Å². The van der Waals surface area contributed by atoms with Gasteiger partial charge in [-0.25, -0.2) is 4.31 Å². The Balaban J connectivity index is 2.24. The molecular weight excluding hydrogens is 168 g/mol. The van der Waals surface area contributed by atoms with E-state index >= 15 is 0 Å². The molecule has 0 saturated carbocycles. The fourth-order valence-electron chi connectivity index (χ4n) is 1.67. The summed E-state index contributed by atoms with van der Waals surface area (Å²) in [5.41, 5.74) is 0. The summed E-state index contributed by atoms with van der Waals surface area (Å²) in [7, 11) is 0. The summed E-state index contributed by atoms with van der Waals surface area (Å²) < 4.78 is 2.47. The summed E-state index contributed by atoms with van der Waals surface area (Å²) in [6, 6.07) is 0. The third-order valence-corrected chi connectivity index (χ3v) is 3.23. The van der Waals surface area contributed by atoms with Gasteiger partial charge in [-0.2, -0.15) is 0 Å². The van der Waals surface area contributed by atoms with Crippen LogP contribution in [0.25, 0.3) is 0 Å². The second-order valence-corrected chi connectivity index (χ2v) is 4.19. The quantitative estimate of drug-likeness (QED) is 0.622. The maximum atomic E-state index is 2.58. The molecule has 72 valence electrons. The maximum absolute atomic E-state index is 2.58. The van der Waals surface area contributed by atoms with Gasteiger partial charge in [0.15, 0.2) is 0 Å². The van der Waals surface area contributed by atoms with Crippen LogP contribution >= 0.6 is 11.9 Å². The van der Waals surface area contributed by atoms with Gasteiger partial charge in [-0.3, -0.25) is 0 Å². The topological polar surface area (TPSA) is 6.48 Å². The molecule has 0 unspecified atom stereocenters. The van der Waals surface area contributed by atoms with Crippen LogP contribution in [0.1, 0.15) is 19.8 Å². The largest absolute Gasteiger partial charge is 0.302 e. The number of rotatable bonds is 3. The van der Waals surface area contributed by atoms with Crippen LogP contribution in [0.3, 0.4) is 0 Å². The molecule has 0 atom stereocenters. The molecule has 1 aliphatic heterocycles. The van der Waals surface area contributed by atoms with Crippen molar-refractivity contribution >= 4 is 11.9 Å². The Labute approximate surface area is 80.4 Å². The highest BCUT2D eigenvalue weighted by atomic mass is 32.2. The van der Waals surface area contributed by atoms with Crippen LogP contribution in [0.15, 0.2) is 0 Å². The van der Waals surface area contributed by atoms with Gasteiger partial charge in [-0.1, -0.05) is 18.9 Å². The van der Waals surface area contributed by atoms with E-state index in [1.807, 2.05) is 11.9 Å². The van der Waals surface area contributed by atoms with E-state index in [-0.39, 0.29) is 0 Å². The summed E-state index contributed by atoms with van der Waals surface area (Å²) in [5, 5.41) is 0. The first kappa shape index (κ1) is 10.4. The van der Waals surface area contributed by atoms with Crippen LogP contribution < -0.4 is 0 Å². The van der Waals surface area contributed by atoms with Crippen molar-refractivity contribution in [2.24, 2.45) is 0 Å².